The first-order valence-corrected chi connectivity index (χ1v) is 11.1. The molecule has 2 heterocycles. The van der Waals surface area contributed by atoms with Crippen LogP contribution in [0.3, 0.4) is 0 Å². The van der Waals surface area contributed by atoms with Crippen molar-refractivity contribution in [1.29, 1.82) is 0 Å². The lowest BCUT2D eigenvalue weighted by Gasteiger charge is -2.33. The van der Waals surface area contributed by atoms with E-state index in [0.29, 0.717) is 6.04 Å². The number of nitrogens with zero attached hydrogens (tertiary/aromatic N) is 2. The van der Waals surface area contributed by atoms with Crippen molar-refractivity contribution >= 4 is 27.4 Å². The number of piperidine rings is 1. The zero-order valence-corrected chi connectivity index (χ0v) is 18.3. The first kappa shape index (κ1) is 19.8. The number of hydrogen-bond acceptors (Lipinski definition) is 3. The number of fused-ring (bicyclic) bond motifs is 2. The second kappa shape index (κ2) is 8.20. The van der Waals surface area contributed by atoms with Gasteiger partial charge in [0.2, 0.25) is 0 Å². The maximum absolute atomic E-state index is 12.4. The van der Waals surface area contributed by atoms with E-state index in [1.165, 1.54) is 21.9 Å². The summed E-state index contributed by atoms with van der Waals surface area (Å²) in [5, 5.41) is 7.42. The molecule has 0 unspecified atom stereocenters. The summed E-state index contributed by atoms with van der Waals surface area (Å²) in [7, 11) is 1.84. The van der Waals surface area contributed by atoms with Crippen molar-refractivity contribution in [1.82, 2.24) is 9.47 Å². The number of pyridine rings is 1. The van der Waals surface area contributed by atoms with Crippen LogP contribution in [0.5, 0.6) is 0 Å². The van der Waals surface area contributed by atoms with Crippen LogP contribution in [-0.2, 0) is 13.6 Å². The number of likely N-dealkylation sites (tertiary alicyclic amines) is 1. The van der Waals surface area contributed by atoms with Crippen LogP contribution in [-0.4, -0.2) is 28.6 Å². The molecule has 1 saturated heterocycles. The number of rotatable bonds is 4. The molecule has 1 N–H and O–H groups in total. The van der Waals surface area contributed by atoms with E-state index in [9.17, 15) is 4.79 Å². The van der Waals surface area contributed by atoms with Crippen LogP contribution in [0.25, 0.3) is 21.7 Å². The molecule has 0 spiro atoms. The minimum atomic E-state index is 0.0348. The third-order valence-electron chi connectivity index (χ3n) is 6.57. The Hall–Kier alpha value is -3.11. The van der Waals surface area contributed by atoms with Crippen molar-refractivity contribution in [2.24, 2.45) is 7.05 Å². The van der Waals surface area contributed by atoms with Crippen molar-refractivity contribution in [3.63, 3.8) is 0 Å². The predicted octanol–water partition coefficient (Wildman–Crippen LogP) is 5.08. The average molecular weight is 412 g/mol. The molecule has 4 nitrogen and oxygen atoms in total. The van der Waals surface area contributed by atoms with Gasteiger partial charge in [-0.05, 0) is 54.3 Å². The van der Waals surface area contributed by atoms with E-state index in [0.717, 1.165) is 49.1 Å². The Morgan fingerprint density at radius 3 is 2.52 bits per heavy atom. The zero-order valence-electron chi connectivity index (χ0n) is 18.3. The Morgan fingerprint density at radius 1 is 0.935 bits per heavy atom. The van der Waals surface area contributed by atoms with Gasteiger partial charge >= 0.3 is 0 Å². The summed E-state index contributed by atoms with van der Waals surface area (Å²) in [5.41, 5.74) is 4.56. The van der Waals surface area contributed by atoms with E-state index >= 15 is 0 Å². The normalized spacial score (nSPS) is 15.5. The van der Waals surface area contributed by atoms with Gasteiger partial charge in [-0.1, -0.05) is 48.0 Å². The monoisotopic (exact) mass is 411 g/mol. The third kappa shape index (κ3) is 4.08. The van der Waals surface area contributed by atoms with Crippen LogP contribution in [0.1, 0.15) is 24.0 Å². The highest BCUT2D eigenvalue weighted by Crippen LogP contribution is 2.26. The minimum absolute atomic E-state index is 0.0348. The second-order valence-corrected chi connectivity index (χ2v) is 8.85. The molecule has 1 aliphatic rings. The van der Waals surface area contributed by atoms with Gasteiger partial charge < -0.3 is 9.88 Å². The van der Waals surface area contributed by atoms with Gasteiger partial charge in [-0.15, -0.1) is 0 Å². The van der Waals surface area contributed by atoms with E-state index < -0.39 is 0 Å². The van der Waals surface area contributed by atoms with Gasteiger partial charge in [0.15, 0.2) is 0 Å². The fourth-order valence-electron chi connectivity index (χ4n) is 4.74. The molecular formula is C27H29N3O. The molecule has 3 aromatic carbocycles. The van der Waals surface area contributed by atoms with Gasteiger partial charge in [0.25, 0.3) is 5.56 Å². The Bertz CT molecular complexity index is 1300. The van der Waals surface area contributed by atoms with Gasteiger partial charge in [0.1, 0.15) is 0 Å². The van der Waals surface area contributed by atoms with Gasteiger partial charge in [-0.3, -0.25) is 9.69 Å². The molecule has 0 amide bonds. The van der Waals surface area contributed by atoms with E-state index in [1.54, 1.807) is 10.6 Å². The number of benzene rings is 3. The minimum Gasteiger partial charge on any atom is -0.382 e. The summed E-state index contributed by atoms with van der Waals surface area (Å²) in [6, 6.07) is 23.8. The molecule has 4 aromatic rings. The van der Waals surface area contributed by atoms with E-state index in [4.69, 9.17) is 0 Å². The highest BCUT2D eigenvalue weighted by Gasteiger charge is 2.20. The third-order valence-corrected chi connectivity index (χ3v) is 6.57. The summed E-state index contributed by atoms with van der Waals surface area (Å²) in [4.78, 5) is 15.0. The van der Waals surface area contributed by atoms with Gasteiger partial charge in [0, 0.05) is 49.9 Å². The lowest BCUT2D eigenvalue weighted by molar-refractivity contribution is 0.211. The summed E-state index contributed by atoms with van der Waals surface area (Å²) in [5.74, 6) is 0. The van der Waals surface area contributed by atoms with Gasteiger partial charge in [-0.25, -0.2) is 0 Å². The first-order chi connectivity index (χ1) is 15.1. The molecule has 4 heteroatoms. The van der Waals surface area contributed by atoms with Crippen LogP contribution in [0.4, 0.5) is 5.69 Å². The molecule has 0 bridgehead atoms. The SMILES string of the molecule is Cc1ccc2c(c1)c(NC1CCN(Cc3ccc4ccccc4c3)CC1)cc(=O)n2C. The molecule has 0 saturated carbocycles. The molecular weight excluding hydrogens is 382 g/mol. The summed E-state index contributed by atoms with van der Waals surface area (Å²) >= 11 is 0. The van der Waals surface area contributed by atoms with Crippen molar-refractivity contribution in [3.8, 4) is 0 Å². The topological polar surface area (TPSA) is 37.3 Å². The highest BCUT2D eigenvalue weighted by molar-refractivity contribution is 5.92. The lowest BCUT2D eigenvalue weighted by Crippen LogP contribution is -2.38. The Balaban J connectivity index is 1.27. The van der Waals surface area contributed by atoms with Crippen molar-refractivity contribution in [2.45, 2.75) is 32.4 Å². The maximum Gasteiger partial charge on any atom is 0.252 e. The first-order valence-electron chi connectivity index (χ1n) is 11.1. The number of hydrogen-bond donors (Lipinski definition) is 1. The Kier molecular flexibility index (Phi) is 5.24. The fraction of sp³-hybridized carbons (Fsp3) is 0.296. The fourth-order valence-corrected chi connectivity index (χ4v) is 4.74. The van der Waals surface area contributed by atoms with Crippen LogP contribution in [0.2, 0.25) is 0 Å². The molecule has 31 heavy (non-hydrogen) atoms. The molecule has 0 atom stereocenters. The van der Waals surface area contributed by atoms with Gasteiger partial charge in [-0.2, -0.15) is 0 Å². The quantitative estimate of drug-likeness (QED) is 0.509. The summed E-state index contributed by atoms with van der Waals surface area (Å²) < 4.78 is 1.73. The van der Waals surface area contributed by atoms with E-state index in [1.807, 2.05) is 13.1 Å². The van der Waals surface area contributed by atoms with Crippen LogP contribution in [0.15, 0.2) is 71.5 Å². The Morgan fingerprint density at radius 2 is 1.71 bits per heavy atom. The molecule has 0 aliphatic carbocycles. The van der Waals surface area contributed by atoms with Crippen molar-refractivity contribution in [2.75, 3.05) is 18.4 Å². The number of anilines is 1. The molecule has 0 radical (unpaired) electrons. The van der Waals surface area contributed by atoms with Crippen molar-refractivity contribution < 1.29 is 0 Å². The second-order valence-electron chi connectivity index (χ2n) is 8.85. The van der Waals surface area contributed by atoms with E-state index in [-0.39, 0.29) is 5.56 Å². The predicted molar refractivity (Wildman–Crippen MR) is 130 cm³/mol. The van der Waals surface area contributed by atoms with Crippen LogP contribution < -0.4 is 10.9 Å². The lowest BCUT2D eigenvalue weighted by atomic mass is 10.0. The zero-order chi connectivity index (χ0) is 21.4. The standard InChI is InChI=1S/C27H29N3O/c1-19-7-10-26-24(15-19)25(17-27(31)29(26)2)28-23-11-13-30(14-12-23)18-20-8-9-21-5-3-4-6-22(21)16-20/h3-10,15-17,23,28H,11-14,18H2,1-2H3. The summed E-state index contributed by atoms with van der Waals surface area (Å²) in [6.45, 7) is 5.21. The number of aryl methyl sites for hydroxylation is 2. The Labute approximate surface area is 183 Å². The highest BCUT2D eigenvalue weighted by atomic mass is 16.1. The molecule has 1 fully saturated rings. The van der Waals surface area contributed by atoms with Crippen molar-refractivity contribution in [3.05, 3.63) is 88.2 Å². The maximum atomic E-state index is 12.4. The molecule has 5 rings (SSSR count). The summed E-state index contributed by atoms with van der Waals surface area (Å²) in [6.07, 6.45) is 2.16. The van der Waals surface area contributed by atoms with Gasteiger partial charge in [0.05, 0.1) is 5.52 Å². The smallest absolute Gasteiger partial charge is 0.252 e. The average Bonchev–Trinajstić information content (AvgIpc) is 2.78. The molecule has 158 valence electrons. The molecule has 1 aromatic heterocycles. The number of nitrogens with one attached hydrogen (secondary N) is 1. The van der Waals surface area contributed by atoms with Crippen LogP contribution >= 0.6 is 0 Å². The molecule has 1 aliphatic heterocycles. The number of aromatic nitrogens is 1. The largest absolute Gasteiger partial charge is 0.382 e. The van der Waals surface area contributed by atoms with Crippen LogP contribution in [0, 0.1) is 6.92 Å². The van der Waals surface area contributed by atoms with E-state index in [2.05, 4.69) is 71.7 Å².